The Balaban J connectivity index is 1.39. The Morgan fingerprint density at radius 1 is 1.17 bits per heavy atom. The van der Waals surface area contributed by atoms with Crippen LogP contribution in [0.2, 0.25) is 0 Å². The Hall–Kier alpha value is -3.68. The maximum absolute atomic E-state index is 13.3. The first-order chi connectivity index (χ1) is 14.0. The molecule has 1 amide bonds. The highest BCUT2D eigenvalue weighted by molar-refractivity contribution is 6.02. The van der Waals surface area contributed by atoms with Crippen LogP contribution in [0.25, 0.3) is 0 Å². The molecule has 0 bridgehead atoms. The molecule has 4 rings (SSSR count). The highest BCUT2D eigenvalue weighted by atomic mass is 19.1. The minimum Gasteiger partial charge on any atom is -0.454 e. The summed E-state index contributed by atoms with van der Waals surface area (Å²) in [6, 6.07) is 11.7. The molecule has 0 spiro atoms. The number of anilines is 1. The van der Waals surface area contributed by atoms with Crippen LogP contribution in [0.3, 0.4) is 0 Å². The van der Waals surface area contributed by atoms with Crippen LogP contribution in [0, 0.1) is 19.7 Å². The molecule has 1 aromatic carbocycles. The lowest BCUT2D eigenvalue weighted by atomic mass is 10.2. The summed E-state index contributed by atoms with van der Waals surface area (Å²) < 4.78 is 22.4. The number of aryl methyl sites for hydroxylation is 2. The van der Waals surface area contributed by atoms with Crippen LogP contribution in [0.1, 0.15) is 33.3 Å². The first kappa shape index (κ1) is 18.7. The van der Waals surface area contributed by atoms with Gasteiger partial charge in [-0.15, -0.1) is 0 Å². The fourth-order valence-electron chi connectivity index (χ4n) is 3.10. The molecule has 0 unspecified atom stereocenters. The van der Waals surface area contributed by atoms with E-state index in [9.17, 15) is 9.18 Å². The number of carbonyl (C=O) groups excluding carboxylic acids is 1. The second kappa shape index (κ2) is 7.75. The lowest BCUT2D eigenvalue weighted by Crippen LogP contribution is -2.10. The van der Waals surface area contributed by atoms with Gasteiger partial charge in [0.1, 0.15) is 11.6 Å². The summed E-state index contributed by atoms with van der Waals surface area (Å²) in [4.78, 5) is 12.4. The maximum atomic E-state index is 13.3. The highest BCUT2D eigenvalue weighted by Gasteiger charge is 2.14. The summed E-state index contributed by atoms with van der Waals surface area (Å²) in [6.07, 6.45) is 3.22. The molecule has 0 saturated carbocycles. The molecule has 0 aliphatic rings. The van der Waals surface area contributed by atoms with Gasteiger partial charge < -0.3 is 9.73 Å². The van der Waals surface area contributed by atoms with E-state index in [0.29, 0.717) is 24.5 Å². The number of nitrogens with one attached hydrogen (secondary N) is 1. The SMILES string of the molecule is Cc1cc(C)n(Cc2ccc(C(=O)Nc3cnn(Cc4cccc(F)c4)c3)o2)n1. The number of aromatic nitrogens is 4. The minimum atomic E-state index is -0.366. The van der Waals surface area contributed by atoms with Crippen molar-refractivity contribution in [2.75, 3.05) is 5.32 Å². The number of carbonyl (C=O) groups is 1. The van der Waals surface area contributed by atoms with Gasteiger partial charge in [-0.1, -0.05) is 12.1 Å². The van der Waals surface area contributed by atoms with Gasteiger partial charge in [-0.25, -0.2) is 4.39 Å². The Labute approximate surface area is 166 Å². The Morgan fingerprint density at radius 2 is 2.03 bits per heavy atom. The predicted octanol–water partition coefficient (Wildman–Crippen LogP) is 3.78. The fourth-order valence-corrected chi connectivity index (χ4v) is 3.10. The maximum Gasteiger partial charge on any atom is 0.291 e. The third kappa shape index (κ3) is 4.43. The van der Waals surface area contributed by atoms with Crippen LogP contribution < -0.4 is 5.32 Å². The van der Waals surface area contributed by atoms with Gasteiger partial charge in [-0.05, 0) is 49.7 Å². The molecule has 7 nitrogen and oxygen atoms in total. The fraction of sp³-hybridized carbons (Fsp3) is 0.190. The van der Waals surface area contributed by atoms with E-state index in [2.05, 4.69) is 15.5 Å². The largest absolute Gasteiger partial charge is 0.454 e. The summed E-state index contributed by atoms with van der Waals surface area (Å²) in [6.45, 7) is 4.76. The molecule has 1 N–H and O–H groups in total. The summed E-state index contributed by atoms with van der Waals surface area (Å²) >= 11 is 0. The van der Waals surface area contributed by atoms with Gasteiger partial charge in [0.2, 0.25) is 0 Å². The van der Waals surface area contributed by atoms with Crippen LogP contribution >= 0.6 is 0 Å². The molecule has 3 heterocycles. The van der Waals surface area contributed by atoms with Crippen LogP contribution in [-0.4, -0.2) is 25.5 Å². The molecule has 29 heavy (non-hydrogen) atoms. The van der Waals surface area contributed by atoms with E-state index in [0.717, 1.165) is 17.0 Å². The van der Waals surface area contributed by atoms with Crippen LogP contribution in [-0.2, 0) is 13.1 Å². The Bertz CT molecular complexity index is 1160. The number of hydrogen-bond donors (Lipinski definition) is 1. The number of halogens is 1. The molecule has 3 aromatic heterocycles. The molecular formula is C21H20FN5O2. The van der Waals surface area contributed by atoms with E-state index in [-0.39, 0.29) is 17.5 Å². The first-order valence-corrected chi connectivity index (χ1v) is 9.14. The molecular weight excluding hydrogens is 373 g/mol. The average molecular weight is 393 g/mol. The molecule has 0 atom stereocenters. The van der Waals surface area contributed by atoms with E-state index in [1.54, 1.807) is 29.1 Å². The predicted molar refractivity (Wildman–Crippen MR) is 105 cm³/mol. The standard InChI is InChI=1S/C21H20FN5O2/c1-14-8-15(2)27(25-14)13-19-6-7-20(29-19)21(28)24-18-10-23-26(12-18)11-16-4-3-5-17(22)9-16/h3-10,12H,11,13H2,1-2H3,(H,24,28). The number of furan rings is 1. The summed E-state index contributed by atoms with van der Waals surface area (Å²) in [5, 5.41) is 11.3. The molecule has 0 saturated heterocycles. The van der Waals surface area contributed by atoms with Gasteiger partial charge >= 0.3 is 0 Å². The van der Waals surface area contributed by atoms with Crippen molar-refractivity contribution in [3.8, 4) is 0 Å². The Morgan fingerprint density at radius 3 is 2.79 bits per heavy atom. The quantitative estimate of drug-likeness (QED) is 0.541. The number of nitrogens with zero attached hydrogens (tertiary/aromatic N) is 4. The van der Waals surface area contributed by atoms with Crippen molar-refractivity contribution in [2.45, 2.75) is 26.9 Å². The van der Waals surface area contributed by atoms with Gasteiger partial charge in [-0.3, -0.25) is 14.2 Å². The summed E-state index contributed by atoms with van der Waals surface area (Å²) in [5.74, 6) is 0.190. The first-order valence-electron chi connectivity index (χ1n) is 9.14. The zero-order chi connectivity index (χ0) is 20.4. The highest BCUT2D eigenvalue weighted by Crippen LogP contribution is 2.15. The summed E-state index contributed by atoms with van der Waals surface area (Å²) in [7, 11) is 0. The minimum absolute atomic E-state index is 0.208. The van der Waals surface area contributed by atoms with Crippen molar-refractivity contribution < 1.29 is 13.6 Å². The zero-order valence-electron chi connectivity index (χ0n) is 16.1. The Kier molecular flexibility index (Phi) is 4.99. The number of hydrogen-bond acceptors (Lipinski definition) is 4. The molecule has 0 fully saturated rings. The molecule has 148 valence electrons. The van der Waals surface area contributed by atoms with Crippen LogP contribution in [0.15, 0.2) is 59.3 Å². The van der Waals surface area contributed by atoms with Crippen molar-refractivity contribution in [2.24, 2.45) is 0 Å². The van der Waals surface area contributed by atoms with E-state index in [4.69, 9.17) is 4.42 Å². The van der Waals surface area contributed by atoms with Gasteiger partial charge in [0.05, 0.1) is 30.7 Å². The van der Waals surface area contributed by atoms with E-state index < -0.39 is 0 Å². The number of benzene rings is 1. The van der Waals surface area contributed by atoms with Gasteiger partial charge in [0.25, 0.3) is 5.91 Å². The van der Waals surface area contributed by atoms with Crippen LogP contribution in [0.5, 0.6) is 0 Å². The average Bonchev–Trinajstić information content (AvgIpc) is 3.37. The van der Waals surface area contributed by atoms with Gasteiger partial charge in [0.15, 0.2) is 5.76 Å². The van der Waals surface area contributed by atoms with Gasteiger partial charge in [0, 0.05) is 11.9 Å². The topological polar surface area (TPSA) is 77.9 Å². The third-order valence-electron chi connectivity index (χ3n) is 4.42. The molecule has 0 radical (unpaired) electrons. The number of amides is 1. The van der Waals surface area contributed by atoms with E-state index >= 15 is 0 Å². The van der Waals surface area contributed by atoms with E-state index in [1.807, 2.05) is 30.7 Å². The van der Waals surface area contributed by atoms with Crippen LogP contribution in [0.4, 0.5) is 10.1 Å². The molecule has 8 heteroatoms. The summed E-state index contributed by atoms with van der Waals surface area (Å²) in [5.41, 5.74) is 3.27. The normalized spacial score (nSPS) is 11.0. The van der Waals surface area contributed by atoms with E-state index in [1.165, 1.54) is 18.3 Å². The van der Waals surface area contributed by atoms with Crippen molar-refractivity contribution in [1.29, 1.82) is 0 Å². The lowest BCUT2D eigenvalue weighted by Gasteiger charge is -2.02. The lowest BCUT2D eigenvalue weighted by molar-refractivity contribution is 0.0994. The van der Waals surface area contributed by atoms with Crippen molar-refractivity contribution in [3.63, 3.8) is 0 Å². The number of rotatable bonds is 6. The monoisotopic (exact) mass is 393 g/mol. The smallest absolute Gasteiger partial charge is 0.291 e. The van der Waals surface area contributed by atoms with Gasteiger partial charge in [-0.2, -0.15) is 10.2 Å². The molecule has 0 aliphatic heterocycles. The third-order valence-corrected chi connectivity index (χ3v) is 4.42. The second-order valence-corrected chi connectivity index (χ2v) is 6.86. The van der Waals surface area contributed by atoms with Crippen molar-refractivity contribution in [1.82, 2.24) is 19.6 Å². The molecule has 0 aliphatic carbocycles. The molecule has 4 aromatic rings. The van der Waals surface area contributed by atoms with Crippen molar-refractivity contribution >= 4 is 11.6 Å². The second-order valence-electron chi connectivity index (χ2n) is 6.86. The zero-order valence-corrected chi connectivity index (χ0v) is 16.1. The van der Waals surface area contributed by atoms with Crippen molar-refractivity contribution in [3.05, 3.63) is 89.1 Å².